The number of likely N-dealkylation sites (N-methyl/N-ethyl adjacent to an activating group) is 1. The lowest BCUT2D eigenvalue weighted by Gasteiger charge is -2.32. The smallest absolute Gasteiger partial charge is 0.253 e. The molecule has 0 saturated carbocycles. The van der Waals surface area contributed by atoms with E-state index in [1.165, 1.54) is 32.4 Å². The lowest BCUT2D eigenvalue weighted by atomic mass is 10.1. The van der Waals surface area contributed by atoms with Crippen LogP contribution in [0.15, 0.2) is 36.4 Å². The first-order chi connectivity index (χ1) is 14.2. The zero-order chi connectivity index (χ0) is 20.1. The van der Waals surface area contributed by atoms with E-state index in [-0.39, 0.29) is 18.3 Å². The van der Waals surface area contributed by atoms with Crippen molar-refractivity contribution in [2.75, 3.05) is 59.5 Å². The first-order valence-electron chi connectivity index (χ1n) is 11.1. The van der Waals surface area contributed by atoms with Gasteiger partial charge in [0, 0.05) is 38.3 Å². The average molecular weight is 432 g/mol. The number of carbonyl (C=O) groups excluding carboxylic acids is 1. The monoisotopic (exact) mass is 431 g/mol. The number of benzene rings is 2. The fourth-order valence-corrected chi connectivity index (χ4v) is 4.30. The van der Waals surface area contributed by atoms with Crippen LogP contribution in [0.5, 0.6) is 5.75 Å². The lowest BCUT2D eigenvalue weighted by molar-refractivity contribution is 0.0664. The van der Waals surface area contributed by atoms with Crippen LogP contribution in [0.1, 0.15) is 36.0 Å². The number of fused-ring (bicyclic) bond motifs is 1. The van der Waals surface area contributed by atoms with Gasteiger partial charge in [-0.25, -0.2) is 0 Å². The third kappa shape index (κ3) is 5.87. The number of amides is 1. The minimum absolute atomic E-state index is 0. The summed E-state index contributed by atoms with van der Waals surface area (Å²) >= 11 is 0. The number of piperidine rings is 1. The van der Waals surface area contributed by atoms with E-state index in [1.54, 1.807) is 0 Å². The molecule has 0 spiro atoms. The predicted octanol–water partition coefficient (Wildman–Crippen LogP) is 3.90. The number of nitrogens with zero attached hydrogens (tertiary/aromatic N) is 3. The van der Waals surface area contributed by atoms with Crippen LogP contribution < -0.4 is 4.74 Å². The third-order valence-electron chi connectivity index (χ3n) is 6.19. The standard InChI is InChI=1S/C24H33N3O2.ClH/c1-25-13-15-27(16-14-25)24(28)22-7-6-21-19-23(9-8-20(21)18-22)29-17-5-12-26-10-3-2-4-11-26;/h6-9,18-19H,2-5,10-17H2,1H3;1H. The second-order valence-corrected chi connectivity index (χ2v) is 8.42. The molecule has 0 aliphatic carbocycles. The number of hydrogen-bond donors (Lipinski definition) is 0. The van der Waals surface area contributed by atoms with E-state index in [0.717, 1.165) is 67.8 Å². The largest absolute Gasteiger partial charge is 0.494 e. The second-order valence-electron chi connectivity index (χ2n) is 8.42. The molecule has 1 amide bonds. The Labute approximate surface area is 186 Å². The number of carbonyl (C=O) groups is 1. The topological polar surface area (TPSA) is 36.0 Å². The summed E-state index contributed by atoms with van der Waals surface area (Å²) in [5.74, 6) is 1.05. The molecule has 0 atom stereocenters. The summed E-state index contributed by atoms with van der Waals surface area (Å²) in [6.45, 7) is 7.86. The van der Waals surface area contributed by atoms with E-state index >= 15 is 0 Å². The highest BCUT2D eigenvalue weighted by Gasteiger charge is 2.20. The third-order valence-corrected chi connectivity index (χ3v) is 6.19. The molecule has 164 valence electrons. The maximum absolute atomic E-state index is 12.8. The summed E-state index contributed by atoms with van der Waals surface area (Å²) in [7, 11) is 2.10. The molecule has 0 unspecified atom stereocenters. The van der Waals surface area contributed by atoms with Gasteiger partial charge in [-0.2, -0.15) is 0 Å². The van der Waals surface area contributed by atoms with Gasteiger partial charge in [0.2, 0.25) is 0 Å². The van der Waals surface area contributed by atoms with Crippen LogP contribution in [-0.4, -0.2) is 80.1 Å². The molecular formula is C24H34ClN3O2. The summed E-state index contributed by atoms with van der Waals surface area (Å²) in [6, 6.07) is 12.2. The summed E-state index contributed by atoms with van der Waals surface area (Å²) in [4.78, 5) is 19.6. The molecule has 2 aromatic rings. The van der Waals surface area contributed by atoms with Crippen molar-refractivity contribution in [2.24, 2.45) is 0 Å². The Bertz CT molecular complexity index is 830. The van der Waals surface area contributed by atoms with Gasteiger partial charge in [0.1, 0.15) is 5.75 Å². The number of halogens is 1. The van der Waals surface area contributed by atoms with Gasteiger partial charge in [-0.05, 0) is 74.4 Å². The molecule has 4 rings (SSSR count). The average Bonchev–Trinajstić information content (AvgIpc) is 2.77. The van der Waals surface area contributed by atoms with Crippen molar-refractivity contribution in [2.45, 2.75) is 25.7 Å². The molecule has 2 fully saturated rings. The highest BCUT2D eigenvalue weighted by molar-refractivity contribution is 5.98. The molecule has 2 saturated heterocycles. The van der Waals surface area contributed by atoms with Gasteiger partial charge in [-0.3, -0.25) is 4.79 Å². The highest BCUT2D eigenvalue weighted by Crippen LogP contribution is 2.23. The Morgan fingerprint density at radius 2 is 1.60 bits per heavy atom. The minimum Gasteiger partial charge on any atom is -0.494 e. The zero-order valence-corrected chi connectivity index (χ0v) is 18.8. The first kappa shape index (κ1) is 22.9. The van der Waals surface area contributed by atoms with Gasteiger partial charge in [0.15, 0.2) is 0 Å². The van der Waals surface area contributed by atoms with Gasteiger partial charge in [0.25, 0.3) is 5.91 Å². The quantitative estimate of drug-likeness (QED) is 0.650. The lowest BCUT2D eigenvalue weighted by Crippen LogP contribution is -2.47. The number of ether oxygens (including phenoxy) is 1. The van der Waals surface area contributed by atoms with Crippen LogP contribution in [0.2, 0.25) is 0 Å². The SMILES string of the molecule is CN1CCN(C(=O)c2ccc3cc(OCCCN4CCCCC4)ccc3c2)CC1.Cl. The Morgan fingerprint density at radius 3 is 2.37 bits per heavy atom. The van der Waals surface area contributed by atoms with E-state index in [4.69, 9.17) is 4.74 Å². The molecule has 6 heteroatoms. The molecule has 2 heterocycles. The van der Waals surface area contributed by atoms with Gasteiger partial charge in [-0.15, -0.1) is 12.4 Å². The van der Waals surface area contributed by atoms with Crippen LogP contribution in [0, 0.1) is 0 Å². The van der Waals surface area contributed by atoms with Crippen LogP contribution in [0.4, 0.5) is 0 Å². The van der Waals surface area contributed by atoms with Crippen LogP contribution in [0.25, 0.3) is 10.8 Å². The van der Waals surface area contributed by atoms with E-state index in [1.807, 2.05) is 29.2 Å². The number of hydrogen-bond acceptors (Lipinski definition) is 4. The van der Waals surface area contributed by atoms with E-state index < -0.39 is 0 Å². The maximum Gasteiger partial charge on any atom is 0.253 e. The number of piperazine rings is 1. The number of likely N-dealkylation sites (tertiary alicyclic amines) is 1. The molecule has 0 aromatic heterocycles. The Hall–Kier alpha value is -1.82. The van der Waals surface area contributed by atoms with E-state index in [9.17, 15) is 4.79 Å². The fourth-order valence-electron chi connectivity index (χ4n) is 4.30. The molecule has 5 nitrogen and oxygen atoms in total. The Kier molecular flexibility index (Phi) is 8.37. The van der Waals surface area contributed by atoms with E-state index in [0.29, 0.717) is 0 Å². The van der Waals surface area contributed by atoms with Gasteiger partial charge >= 0.3 is 0 Å². The maximum atomic E-state index is 12.8. The second kappa shape index (κ2) is 11.0. The molecule has 0 bridgehead atoms. The van der Waals surface area contributed by atoms with Crippen LogP contribution >= 0.6 is 12.4 Å². The van der Waals surface area contributed by atoms with Crippen molar-refractivity contribution in [1.29, 1.82) is 0 Å². The molecule has 0 radical (unpaired) electrons. The van der Waals surface area contributed by atoms with Gasteiger partial charge in [0.05, 0.1) is 6.61 Å². The first-order valence-corrected chi connectivity index (χ1v) is 11.1. The Balaban J connectivity index is 0.00000256. The summed E-state index contributed by atoms with van der Waals surface area (Å²) in [5.41, 5.74) is 0.775. The van der Waals surface area contributed by atoms with Crippen molar-refractivity contribution in [3.63, 3.8) is 0 Å². The van der Waals surface area contributed by atoms with E-state index in [2.05, 4.69) is 29.0 Å². The number of rotatable bonds is 6. The molecule has 2 aliphatic rings. The normalized spacial score (nSPS) is 18.2. The molecule has 30 heavy (non-hydrogen) atoms. The van der Waals surface area contributed by atoms with Crippen molar-refractivity contribution >= 4 is 29.1 Å². The van der Waals surface area contributed by atoms with Crippen LogP contribution in [0.3, 0.4) is 0 Å². The summed E-state index contributed by atoms with van der Waals surface area (Å²) in [5, 5.41) is 2.21. The van der Waals surface area contributed by atoms with Crippen LogP contribution in [-0.2, 0) is 0 Å². The van der Waals surface area contributed by atoms with Crippen molar-refractivity contribution in [3.8, 4) is 5.75 Å². The zero-order valence-electron chi connectivity index (χ0n) is 18.0. The molecular weight excluding hydrogens is 398 g/mol. The van der Waals surface area contributed by atoms with Crippen molar-refractivity contribution in [3.05, 3.63) is 42.0 Å². The highest BCUT2D eigenvalue weighted by atomic mass is 35.5. The molecule has 0 N–H and O–H groups in total. The fraction of sp³-hybridized carbons (Fsp3) is 0.542. The summed E-state index contributed by atoms with van der Waals surface area (Å²) in [6.07, 6.45) is 5.12. The van der Waals surface area contributed by atoms with Crippen molar-refractivity contribution < 1.29 is 9.53 Å². The predicted molar refractivity (Wildman–Crippen MR) is 125 cm³/mol. The molecule has 2 aliphatic heterocycles. The summed E-state index contributed by atoms with van der Waals surface area (Å²) < 4.78 is 5.98. The Morgan fingerprint density at radius 1 is 0.900 bits per heavy atom. The van der Waals surface area contributed by atoms with Gasteiger partial charge in [-0.1, -0.05) is 18.6 Å². The van der Waals surface area contributed by atoms with Crippen molar-refractivity contribution in [1.82, 2.24) is 14.7 Å². The molecule has 2 aromatic carbocycles. The van der Waals surface area contributed by atoms with Gasteiger partial charge < -0.3 is 19.4 Å². The minimum atomic E-state index is 0.